The molecular formula is C25H32N4O2. The van der Waals surface area contributed by atoms with Crippen molar-refractivity contribution in [3.05, 3.63) is 66.2 Å². The minimum absolute atomic E-state index is 0.0920. The van der Waals surface area contributed by atoms with Gasteiger partial charge in [0.25, 0.3) is 0 Å². The number of hydrogen-bond acceptors (Lipinski definition) is 3. The quantitative estimate of drug-likeness (QED) is 0.671. The number of carbonyl (C=O) groups excluding carboxylic acids is 2. The number of nitrogens with zero attached hydrogens (tertiary/aromatic N) is 1. The third kappa shape index (κ3) is 6.31. The predicted molar refractivity (Wildman–Crippen MR) is 123 cm³/mol. The molecule has 0 spiro atoms. The standard InChI is InChI=1S/C25H32N4O2/c30-24-18-29(17-22(26-24)15-19-9-3-1-4-10-19)16-20-11-7-8-14-23(20)28-25(31)27-21-12-5-2-6-13-21/h1-6,9-10,12-13,20,22-23H,7-8,11,14-18H2,(H,26,30)(H2,27,28,31)/t20-,22?,23+/m0/s1. The second kappa shape index (κ2) is 10.4. The van der Waals surface area contributed by atoms with Gasteiger partial charge in [0.05, 0.1) is 6.54 Å². The molecule has 6 nitrogen and oxygen atoms in total. The average molecular weight is 421 g/mol. The summed E-state index contributed by atoms with van der Waals surface area (Å²) in [6.45, 7) is 2.12. The first kappa shape index (κ1) is 21.4. The number of anilines is 1. The number of urea groups is 1. The first-order chi connectivity index (χ1) is 15.2. The predicted octanol–water partition coefficient (Wildman–Crippen LogP) is 3.41. The van der Waals surface area contributed by atoms with Gasteiger partial charge in [-0.05, 0) is 42.9 Å². The maximum Gasteiger partial charge on any atom is 0.319 e. The van der Waals surface area contributed by atoms with Crippen LogP contribution < -0.4 is 16.0 Å². The first-order valence-electron chi connectivity index (χ1n) is 11.3. The molecule has 1 aliphatic heterocycles. The summed E-state index contributed by atoms with van der Waals surface area (Å²) >= 11 is 0. The van der Waals surface area contributed by atoms with Crippen molar-refractivity contribution in [3.63, 3.8) is 0 Å². The molecule has 1 saturated carbocycles. The van der Waals surface area contributed by atoms with Crippen LogP contribution in [0.5, 0.6) is 0 Å². The van der Waals surface area contributed by atoms with Crippen LogP contribution in [-0.2, 0) is 11.2 Å². The van der Waals surface area contributed by atoms with Crippen molar-refractivity contribution in [1.82, 2.24) is 15.5 Å². The molecule has 6 heteroatoms. The highest BCUT2D eigenvalue weighted by Gasteiger charge is 2.31. The Morgan fingerprint density at radius 3 is 2.48 bits per heavy atom. The van der Waals surface area contributed by atoms with Gasteiger partial charge in [0.1, 0.15) is 0 Å². The number of amides is 3. The Morgan fingerprint density at radius 2 is 1.71 bits per heavy atom. The molecule has 1 unspecified atom stereocenters. The van der Waals surface area contributed by atoms with E-state index in [1.54, 1.807) is 0 Å². The monoisotopic (exact) mass is 420 g/mol. The fourth-order valence-corrected chi connectivity index (χ4v) is 4.86. The number of rotatable bonds is 6. The average Bonchev–Trinajstić information content (AvgIpc) is 2.76. The largest absolute Gasteiger partial charge is 0.351 e. The smallest absolute Gasteiger partial charge is 0.319 e. The zero-order valence-electron chi connectivity index (χ0n) is 17.9. The number of nitrogens with one attached hydrogen (secondary N) is 3. The molecular weight excluding hydrogens is 388 g/mol. The van der Waals surface area contributed by atoms with Crippen LogP contribution in [0.2, 0.25) is 0 Å². The Morgan fingerprint density at radius 1 is 1.00 bits per heavy atom. The van der Waals surface area contributed by atoms with Crippen LogP contribution in [-0.4, -0.2) is 48.6 Å². The molecule has 0 bridgehead atoms. The molecule has 164 valence electrons. The van der Waals surface area contributed by atoms with Gasteiger partial charge in [0.15, 0.2) is 0 Å². The fraction of sp³-hybridized carbons (Fsp3) is 0.440. The van der Waals surface area contributed by atoms with Gasteiger partial charge in [-0.3, -0.25) is 9.69 Å². The number of hydrogen-bond donors (Lipinski definition) is 3. The van der Waals surface area contributed by atoms with Crippen LogP contribution in [0, 0.1) is 5.92 Å². The second-order valence-corrected chi connectivity index (χ2v) is 8.76. The molecule has 31 heavy (non-hydrogen) atoms. The van der Waals surface area contributed by atoms with Crippen molar-refractivity contribution in [2.75, 3.05) is 25.0 Å². The molecule has 2 aromatic carbocycles. The lowest BCUT2D eigenvalue weighted by atomic mass is 9.84. The summed E-state index contributed by atoms with van der Waals surface area (Å²) in [6.07, 6.45) is 5.22. The van der Waals surface area contributed by atoms with Crippen molar-refractivity contribution < 1.29 is 9.59 Å². The number of para-hydroxylation sites is 1. The molecule has 0 radical (unpaired) electrons. The van der Waals surface area contributed by atoms with E-state index in [0.717, 1.165) is 44.5 Å². The lowest BCUT2D eigenvalue weighted by molar-refractivity contribution is -0.125. The Kier molecular flexibility index (Phi) is 7.20. The maximum atomic E-state index is 12.5. The van der Waals surface area contributed by atoms with Crippen LogP contribution in [0.4, 0.5) is 10.5 Å². The van der Waals surface area contributed by atoms with E-state index in [-0.39, 0.29) is 24.0 Å². The van der Waals surface area contributed by atoms with Gasteiger partial charge in [-0.15, -0.1) is 0 Å². The maximum absolute atomic E-state index is 12.5. The van der Waals surface area contributed by atoms with Gasteiger partial charge in [0, 0.05) is 30.9 Å². The Labute approximate surface area is 184 Å². The molecule has 3 atom stereocenters. The topological polar surface area (TPSA) is 73.5 Å². The summed E-state index contributed by atoms with van der Waals surface area (Å²) in [5.41, 5.74) is 2.04. The van der Waals surface area contributed by atoms with E-state index < -0.39 is 0 Å². The highest BCUT2D eigenvalue weighted by atomic mass is 16.2. The van der Waals surface area contributed by atoms with Gasteiger partial charge in [0.2, 0.25) is 5.91 Å². The van der Waals surface area contributed by atoms with E-state index in [1.807, 2.05) is 48.5 Å². The SMILES string of the molecule is O=C1CN(C[C@@H]2CCCC[C@H]2NC(=O)Nc2ccccc2)CC(Cc2ccccc2)N1. The van der Waals surface area contributed by atoms with Gasteiger partial charge in [-0.25, -0.2) is 4.79 Å². The third-order valence-corrected chi connectivity index (χ3v) is 6.29. The molecule has 2 aromatic rings. The van der Waals surface area contributed by atoms with E-state index in [9.17, 15) is 9.59 Å². The van der Waals surface area contributed by atoms with Crippen molar-refractivity contribution in [2.45, 2.75) is 44.2 Å². The van der Waals surface area contributed by atoms with Crippen LogP contribution in [0.3, 0.4) is 0 Å². The summed E-state index contributed by atoms with van der Waals surface area (Å²) in [5, 5.41) is 9.26. The number of benzene rings is 2. The lowest BCUT2D eigenvalue weighted by Crippen LogP contribution is -2.57. The van der Waals surface area contributed by atoms with Crippen LogP contribution in [0.15, 0.2) is 60.7 Å². The summed E-state index contributed by atoms with van der Waals surface area (Å²) in [5.74, 6) is 0.452. The van der Waals surface area contributed by atoms with Crippen molar-refractivity contribution in [1.29, 1.82) is 0 Å². The summed E-state index contributed by atoms with van der Waals surface area (Å²) in [7, 11) is 0. The van der Waals surface area contributed by atoms with E-state index in [2.05, 4.69) is 33.0 Å². The van der Waals surface area contributed by atoms with Crippen LogP contribution in [0.1, 0.15) is 31.2 Å². The normalized spacial score (nSPS) is 24.3. The fourth-order valence-electron chi connectivity index (χ4n) is 4.86. The summed E-state index contributed by atoms with van der Waals surface area (Å²) in [6, 6.07) is 19.9. The Bertz CT molecular complexity index is 858. The Hall–Kier alpha value is -2.86. The van der Waals surface area contributed by atoms with Gasteiger partial charge in [-0.2, -0.15) is 0 Å². The first-order valence-corrected chi connectivity index (χ1v) is 11.3. The number of carbonyl (C=O) groups is 2. The van der Waals surface area contributed by atoms with Crippen LogP contribution in [0.25, 0.3) is 0 Å². The van der Waals surface area contributed by atoms with Gasteiger partial charge < -0.3 is 16.0 Å². The van der Waals surface area contributed by atoms with E-state index >= 15 is 0 Å². The van der Waals surface area contributed by atoms with E-state index in [4.69, 9.17) is 0 Å². The molecule has 1 aliphatic carbocycles. The van der Waals surface area contributed by atoms with Gasteiger partial charge >= 0.3 is 6.03 Å². The molecule has 2 fully saturated rings. The van der Waals surface area contributed by atoms with Gasteiger partial charge in [-0.1, -0.05) is 61.4 Å². The molecule has 0 aromatic heterocycles. The summed E-state index contributed by atoms with van der Waals surface area (Å²) in [4.78, 5) is 27.1. The van der Waals surface area contributed by atoms with E-state index in [0.29, 0.717) is 12.5 Å². The number of piperazine rings is 1. The zero-order valence-corrected chi connectivity index (χ0v) is 17.9. The minimum Gasteiger partial charge on any atom is -0.351 e. The van der Waals surface area contributed by atoms with Crippen LogP contribution >= 0.6 is 0 Å². The highest BCUT2D eigenvalue weighted by Crippen LogP contribution is 2.26. The third-order valence-electron chi connectivity index (χ3n) is 6.29. The molecule has 2 aliphatic rings. The van der Waals surface area contributed by atoms with Crippen molar-refractivity contribution in [2.24, 2.45) is 5.92 Å². The zero-order chi connectivity index (χ0) is 21.5. The molecule has 1 heterocycles. The van der Waals surface area contributed by atoms with Crippen molar-refractivity contribution in [3.8, 4) is 0 Å². The van der Waals surface area contributed by atoms with Crippen molar-refractivity contribution >= 4 is 17.6 Å². The molecule has 3 N–H and O–H groups in total. The lowest BCUT2D eigenvalue weighted by Gasteiger charge is -2.39. The molecule has 4 rings (SSSR count). The molecule has 1 saturated heterocycles. The highest BCUT2D eigenvalue weighted by molar-refractivity contribution is 5.89. The Balaban J connectivity index is 1.33. The molecule has 3 amide bonds. The van der Waals surface area contributed by atoms with E-state index in [1.165, 1.54) is 12.0 Å². The summed E-state index contributed by atoms with van der Waals surface area (Å²) < 4.78 is 0. The second-order valence-electron chi connectivity index (χ2n) is 8.76. The minimum atomic E-state index is -0.151.